The minimum Gasteiger partial charge on any atom is -0.394 e. The van der Waals surface area contributed by atoms with Gasteiger partial charge in [0.15, 0.2) is 6.29 Å². The molecule has 2 aliphatic rings. The second-order valence-corrected chi connectivity index (χ2v) is 9.62. The van der Waals surface area contributed by atoms with Gasteiger partial charge in [-0.05, 0) is 32.1 Å². The number of nitrogens with zero attached hydrogens (tertiary/aromatic N) is 1. The van der Waals surface area contributed by atoms with Crippen molar-refractivity contribution in [3.8, 4) is 0 Å². The number of hydrogen-bond acceptors (Lipinski definition) is 9. The number of β-amino-alcohol motifs (C(OH)–C–C–N with tert-alkyl or cyclic N) is 1. The van der Waals surface area contributed by atoms with Crippen LogP contribution in [0.4, 0.5) is 0 Å². The lowest BCUT2D eigenvalue weighted by molar-refractivity contribution is -0.282. The Hall–Kier alpha value is -1.14. The van der Waals surface area contributed by atoms with Crippen molar-refractivity contribution < 1.29 is 44.6 Å². The Morgan fingerprint density at radius 3 is 2.21 bits per heavy atom. The lowest BCUT2D eigenvalue weighted by Gasteiger charge is -2.40. The summed E-state index contributed by atoms with van der Waals surface area (Å²) < 4.78 is 11.2. The summed E-state index contributed by atoms with van der Waals surface area (Å²) in [6.45, 7) is 1.85. The maximum absolute atomic E-state index is 12.3. The van der Waals surface area contributed by atoms with Crippen LogP contribution in [0.1, 0.15) is 71.1 Å². The highest BCUT2D eigenvalue weighted by atomic mass is 16.7. The Kier molecular flexibility index (Phi) is 12.9. The van der Waals surface area contributed by atoms with Gasteiger partial charge in [-0.2, -0.15) is 0 Å². The number of unbranched alkanes of at least 4 members (excludes halogenated alkanes) is 4. The van der Waals surface area contributed by atoms with Gasteiger partial charge in [0.05, 0.1) is 31.5 Å². The van der Waals surface area contributed by atoms with Gasteiger partial charge in [-0.15, -0.1) is 0 Å². The van der Waals surface area contributed by atoms with Crippen LogP contribution in [0.25, 0.3) is 0 Å². The van der Waals surface area contributed by atoms with Crippen LogP contribution in [0.15, 0.2) is 0 Å². The number of carbonyl (C=O) groups is 2. The monoisotopic (exact) mass is 489 g/mol. The van der Waals surface area contributed by atoms with Crippen molar-refractivity contribution in [2.45, 2.75) is 108 Å². The zero-order chi connectivity index (χ0) is 25.1. The number of likely N-dealkylation sites (tertiary alicyclic amines) is 1. The van der Waals surface area contributed by atoms with Gasteiger partial charge in [-0.25, -0.2) is 0 Å². The van der Waals surface area contributed by atoms with Crippen LogP contribution in [0.3, 0.4) is 0 Å². The summed E-state index contributed by atoms with van der Waals surface area (Å²) in [4.78, 5) is 25.9. The van der Waals surface area contributed by atoms with E-state index in [-0.39, 0.29) is 24.3 Å². The van der Waals surface area contributed by atoms with Crippen molar-refractivity contribution >= 4 is 11.7 Å². The van der Waals surface area contributed by atoms with Gasteiger partial charge in [-0.3, -0.25) is 9.59 Å². The molecule has 0 saturated carbocycles. The van der Waals surface area contributed by atoms with Gasteiger partial charge in [0.25, 0.3) is 0 Å². The maximum Gasteiger partial charge on any atom is 0.222 e. The SMILES string of the molecule is CC1C(OCCCCC(=O)CCCCCCC(=O)N2C[C@H](O)C[C@H]2CO)OC(CO)C(O)C1O. The summed E-state index contributed by atoms with van der Waals surface area (Å²) in [6.07, 6.45) is 2.16. The molecule has 10 heteroatoms. The number of ether oxygens (including phenoxy) is 2. The molecule has 7 atom stereocenters. The average molecular weight is 490 g/mol. The van der Waals surface area contributed by atoms with E-state index in [0.717, 1.165) is 25.7 Å². The molecular weight excluding hydrogens is 446 g/mol. The quantitative estimate of drug-likeness (QED) is 0.201. The number of ketones is 1. The van der Waals surface area contributed by atoms with Crippen molar-refractivity contribution in [3.63, 3.8) is 0 Å². The lowest BCUT2D eigenvalue weighted by Crippen LogP contribution is -2.55. The fourth-order valence-electron chi connectivity index (χ4n) is 4.63. The maximum atomic E-state index is 12.3. The van der Waals surface area contributed by atoms with Crippen LogP contribution in [-0.4, -0.2) is 105 Å². The largest absolute Gasteiger partial charge is 0.394 e. The van der Waals surface area contributed by atoms with E-state index in [0.29, 0.717) is 51.7 Å². The molecule has 0 aromatic heterocycles. The Morgan fingerprint density at radius 2 is 1.56 bits per heavy atom. The Bertz CT molecular complexity index is 617. The molecule has 198 valence electrons. The minimum atomic E-state index is -1.14. The summed E-state index contributed by atoms with van der Waals surface area (Å²) in [5.41, 5.74) is 0. The van der Waals surface area contributed by atoms with E-state index < -0.39 is 43.2 Å². The van der Waals surface area contributed by atoms with Gasteiger partial charge in [0, 0.05) is 38.3 Å². The Balaban J connectivity index is 1.47. The molecule has 2 aliphatic heterocycles. The number of rotatable bonds is 15. The molecule has 0 radical (unpaired) electrons. The molecule has 34 heavy (non-hydrogen) atoms. The van der Waals surface area contributed by atoms with E-state index in [1.165, 1.54) is 0 Å². The third-order valence-corrected chi connectivity index (χ3v) is 6.84. The molecular formula is C24H43NO9. The third-order valence-electron chi connectivity index (χ3n) is 6.84. The van der Waals surface area contributed by atoms with Crippen molar-refractivity contribution in [2.24, 2.45) is 5.92 Å². The number of Topliss-reactive ketones (excluding diaryl/α,β-unsaturated/α-hetero) is 1. The highest BCUT2D eigenvalue weighted by Gasteiger charge is 2.42. The fraction of sp³-hybridized carbons (Fsp3) is 0.917. The zero-order valence-corrected chi connectivity index (χ0v) is 20.3. The third kappa shape index (κ3) is 8.82. The first-order valence-electron chi connectivity index (χ1n) is 12.6. The van der Waals surface area contributed by atoms with E-state index in [9.17, 15) is 35.1 Å². The van der Waals surface area contributed by atoms with Crippen LogP contribution in [-0.2, 0) is 19.1 Å². The molecule has 2 fully saturated rings. The van der Waals surface area contributed by atoms with E-state index >= 15 is 0 Å². The molecule has 0 spiro atoms. The second kappa shape index (κ2) is 15.1. The number of aliphatic hydroxyl groups excluding tert-OH is 5. The Morgan fingerprint density at radius 1 is 0.912 bits per heavy atom. The highest BCUT2D eigenvalue weighted by molar-refractivity contribution is 5.78. The van der Waals surface area contributed by atoms with Crippen molar-refractivity contribution in [1.29, 1.82) is 0 Å². The van der Waals surface area contributed by atoms with Crippen molar-refractivity contribution in [2.75, 3.05) is 26.4 Å². The van der Waals surface area contributed by atoms with E-state index in [4.69, 9.17) is 9.47 Å². The minimum absolute atomic E-state index is 0.0283. The molecule has 10 nitrogen and oxygen atoms in total. The second-order valence-electron chi connectivity index (χ2n) is 9.62. The molecule has 0 aromatic rings. The van der Waals surface area contributed by atoms with E-state index in [1.807, 2.05) is 0 Å². The van der Waals surface area contributed by atoms with Gasteiger partial charge < -0.3 is 39.9 Å². The van der Waals surface area contributed by atoms with Crippen molar-refractivity contribution in [3.05, 3.63) is 0 Å². The van der Waals surface area contributed by atoms with Crippen molar-refractivity contribution in [1.82, 2.24) is 4.90 Å². The molecule has 2 saturated heterocycles. The summed E-state index contributed by atoms with van der Waals surface area (Å²) in [5, 5.41) is 48.1. The van der Waals surface area contributed by atoms with Crippen LogP contribution in [0, 0.1) is 5.92 Å². The summed E-state index contributed by atoms with van der Waals surface area (Å²) in [6, 6.07) is -0.277. The topological polar surface area (TPSA) is 157 Å². The predicted molar refractivity (Wildman–Crippen MR) is 123 cm³/mol. The number of hydrogen-bond donors (Lipinski definition) is 5. The molecule has 0 aromatic carbocycles. The van der Waals surface area contributed by atoms with Crippen LogP contribution >= 0.6 is 0 Å². The van der Waals surface area contributed by atoms with Gasteiger partial charge in [-0.1, -0.05) is 19.8 Å². The predicted octanol–water partition coefficient (Wildman–Crippen LogP) is 0.112. The smallest absolute Gasteiger partial charge is 0.222 e. The van der Waals surface area contributed by atoms with Gasteiger partial charge in [0.2, 0.25) is 5.91 Å². The average Bonchev–Trinajstić information content (AvgIpc) is 3.21. The number of amides is 1. The molecule has 5 unspecified atom stereocenters. The van der Waals surface area contributed by atoms with Crippen LogP contribution in [0.5, 0.6) is 0 Å². The molecule has 0 bridgehead atoms. The first-order chi connectivity index (χ1) is 16.3. The lowest BCUT2D eigenvalue weighted by atomic mass is 9.92. The first-order valence-corrected chi connectivity index (χ1v) is 12.6. The first kappa shape index (κ1) is 29.1. The Labute approximate surface area is 201 Å². The highest BCUT2D eigenvalue weighted by Crippen LogP contribution is 2.27. The molecule has 2 rings (SSSR count). The van der Waals surface area contributed by atoms with Crippen LogP contribution in [0.2, 0.25) is 0 Å². The van der Waals surface area contributed by atoms with Gasteiger partial charge in [0.1, 0.15) is 18.0 Å². The molecule has 2 heterocycles. The standard InChI is InChI=1S/C24H43NO9/c1-16-22(31)23(32)20(15-27)34-24(16)33-11-7-6-9-18(28)8-4-2-3-5-10-21(30)25-13-19(29)12-17(25)14-26/h16-17,19-20,22-24,26-27,29,31-32H,2-15H2,1H3/t16?,17-,19+,20?,22?,23?,24?/m0/s1. The summed E-state index contributed by atoms with van der Waals surface area (Å²) in [5.74, 6) is -0.249. The molecule has 1 amide bonds. The zero-order valence-electron chi connectivity index (χ0n) is 20.3. The number of carbonyl (C=O) groups excluding carboxylic acids is 2. The van der Waals surface area contributed by atoms with E-state index in [1.54, 1.807) is 11.8 Å². The normalized spacial score (nSPS) is 31.7. The molecule has 0 aliphatic carbocycles. The van der Waals surface area contributed by atoms with Gasteiger partial charge >= 0.3 is 0 Å². The van der Waals surface area contributed by atoms with E-state index in [2.05, 4.69) is 0 Å². The fourth-order valence-corrected chi connectivity index (χ4v) is 4.63. The molecule has 5 N–H and O–H groups in total. The number of aliphatic hydroxyl groups is 5. The summed E-state index contributed by atoms with van der Waals surface area (Å²) in [7, 11) is 0. The van der Waals surface area contributed by atoms with Crippen LogP contribution < -0.4 is 0 Å². The summed E-state index contributed by atoms with van der Waals surface area (Å²) >= 11 is 0.